The highest BCUT2D eigenvalue weighted by Gasteiger charge is 2.10. The zero-order valence-corrected chi connectivity index (χ0v) is 9.60. The van der Waals surface area contributed by atoms with Crippen molar-refractivity contribution in [2.45, 2.75) is 13.5 Å². The van der Waals surface area contributed by atoms with E-state index in [1.807, 2.05) is 6.92 Å². The van der Waals surface area contributed by atoms with E-state index >= 15 is 0 Å². The van der Waals surface area contributed by atoms with Crippen LogP contribution in [0, 0.1) is 6.92 Å². The number of carbonyl (C=O) groups is 1. The molecule has 0 aromatic carbocycles. The Morgan fingerprint density at radius 3 is 3.06 bits per heavy atom. The Balaban J connectivity index is 1.98. The van der Waals surface area contributed by atoms with E-state index in [1.165, 1.54) is 11.3 Å². The number of amides is 1. The SMILES string of the molecule is Cc1sc(C(=O)NCc2cn[nH]c2)cc1N. The molecule has 1 amide bonds. The van der Waals surface area contributed by atoms with Crippen molar-refractivity contribution in [2.24, 2.45) is 0 Å². The number of nitrogens with zero attached hydrogens (tertiary/aromatic N) is 1. The standard InChI is InChI=1S/C10H12N4OS/c1-6-8(11)2-9(16-6)10(15)12-3-7-4-13-14-5-7/h2,4-5H,3,11H2,1H3,(H,12,15)(H,13,14). The third kappa shape index (κ3) is 2.22. The van der Waals surface area contributed by atoms with Crippen LogP contribution in [0.4, 0.5) is 5.69 Å². The zero-order chi connectivity index (χ0) is 11.5. The van der Waals surface area contributed by atoms with Gasteiger partial charge in [0.25, 0.3) is 5.91 Å². The molecule has 0 atom stereocenters. The molecule has 0 radical (unpaired) electrons. The van der Waals surface area contributed by atoms with E-state index in [0.717, 1.165) is 10.4 Å². The minimum absolute atomic E-state index is 0.106. The second-order valence-corrected chi connectivity index (χ2v) is 4.67. The number of aromatic amines is 1. The van der Waals surface area contributed by atoms with Crippen molar-refractivity contribution in [1.82, 2.24) is 15.5 Å². The monoisotopic (exact) mass is 236 g/mol. The fraction of sp³-hybridized carbons (Fsp3) is 0.200. The maximum absolute atomic E-state index is 11.7. The third-order valence-electron chi connectivity index (χ3n) is 2.19. The minimum Gasteiger partial charge on any atom is -0.398 e. The van der Waals surface area contributed by atoms with Crippen LogP contribution < -0.4 is 11.1 Å². The average molecular weight is 236 g/mol. The molecule has 0 spiro atoms. The number of H-pyrrole nitrogens is 1. The molecule has 0 fully saturated rings. The number of nitrogens with two attached hydrogens (primary N) is 1. The fourth-order valence-corrected chi connectivity index (χ4v) is 2.11. The van der Waals surface area contributed by atoms with E-state index in [2.05, 4.69) is 15.5 Å². The number of carbonyl (C=O) groups excluding carboxylic acids is 1. The van der Waals surface area contributed by atoms with Gasteiger partial charge in [-0.2, -0.15) is 5.10 Å². The van der Waals surface area contributed by atoms with Crippen LogP contribution in [0.25, 0.3) is 0 Å². The van der Waals surface area contributed by atoms with Crippen molar-refractivity contribution in [3.05, 3.63) is 33.8 Å². The molecule has 2 heterocycles. The Morgan fingerprint density at radius 2 is 2.50 bits per heavy atom. The van der Waals surface area contributed by atoms with Crippen LogP contribution in [0.1, 0.15) is 20.1 Å². The molecular weight excluding hydrogens is 224 g/mol. The van der Waals surface area contributed by atoms with Crippen molar-refractivity contribution in [2.75, 3.05) is 5.73 Å². The number of aryl methyl sites for hydroxylation is 1. The maximum Gasteiger partial charge on any atom is 0.261 e. The van der Waals surface area contributed by atoms with Gasteiger partial charge in [-0.25, -0.2) is 0 Å². The molecule has 0 saturated heterocycles. The summed E-state index contributed by atoms with van der Waals surface area (Å²) >= 11 is 1.40. The summed E-state index contributed by atoms with van der Waals surface area (Å²) in [4.78, 5) is 13.3. The number of hydrogen-bond donors (Lipinski definition) is 3. The van der Waals surface area contributed by atoms with Crippen LogP contribution in [-0.4, -0.2) is 16.1 Å². The molecule has 0 bridgehead atoms. The summed E-state index contributed by atoms with van der Waals surface area (Å²) in [6.07, 6.45) is 3.42. The molecule has 6 heteroatoms. The average Bonchev–Trinajstić information content (AvgIpc) is 2.86. The van der Waals surface area contributed by atoms with E-state index in [0.29, 0.717) is 17.1 Å². The number of aromatic nitrogens is 2. The second kappa shape index (κ2) is 4.36. The Hall–Kier alpha value is -1.82. The van der Waals surface area contributed by atoms with Crippen molar-refractivity contribution >= 4 is 22.9 Å². The summed E-state index contributed by atoms with van der Waals surface area (Å²) in [5.41, 5.74) is 7.29. The van der Waals surface area contributed by atoms with E-state index in [-0.39, 0.29) is 5.91 Å². The third-order valence-corrected chi connectivity index (χ3v) is 3.25. The van der Waals surface area contributed by atoms with Crippen LogP contribution in [0.15, 0.2) is 18.5 Å². The summed E-state index contributed by atoms with van der Waals surface area (Å²) < 4.78 is 0. The summed E-state index contributed by atoms with van der Waals surface area (Å²) in [5.74, 6) is -0.106. The number of thiophene rings is 1. The van der Waals surface area contributed by atoms with Crippen molar-refractivity contribution < 1.29 is 4.79 Å². The van der Waals surface area contributed by atoms with Gasteiger partial charge >= 0.3 is 0 Å². The highest BCUT2D eigenvalue weighted by molar-refractivity contribution is 7.14. The maximum atomic E-state index is 11.7. The smallest absolute Gasteiger partial charge is 0.261 e. The predicted molar refractivity (Wildman–Crippen MR) is 63.2 cm³/mol. The first-order valence-electron chi connectivity index (χ1n) is 4.78. The van der Waals surface area contributed by atoms with Crippen LogP contribution in [0.5, 0.6) is 0 Å². The summed E-state index contributed by atoms with van der Waals surface area (Å²) in [7, 11) is 0. The van der Waals surface area contributed by atoms with Gasteiger partial charge in [0, 0.05) is 28.9 Å². The highest BCUT2D eigenvalue weighted by atomic mass is 32.1. The molecule has 2 aromatic heterocycles. The minimum atomic E-state index is -0.106. The zero-order valence-electron chi connectivity index (χ0n) is 8.78. The largest absolute Gasteiger partial charge is 0.398 e. The Labute approximate surface area is 96.7 Å². The van der Waals surface area contributed by atoms with E-state index in [4.69, 9.17) is 5.73 Å². The lowest BCUT2D eigenvalue weighted by atomic mass is 10.3. The summed E-state index contributed by atoms with van der Waals surface area (Å²) in [5, 5.41) is 9.28. The number of rotatable bonds is 3. The lowest BCUT2D eigenvalue weighted by Crippen LogP contribution is -2.21. The summed E-state index contributed by atoms with van der Waals surface area (Å²) in [6.45, 7) is 2.36. The Morgan fingerprint density at radius 1 is 1.69 bits per heavy atom. The molecule has 5 nitrogen and oxygen atoms in total. The quantitative estimate of drug-likeness (QED) is 0.750. The lowest BCUT2D eigenvalue weighted by molar-refractivity contribution is 0.0955. The fourth-order valence-electron chi connectivity index (χ4n) is 1.25. The molecule has 0 saturated carbocycles. The molecule has 16 heavy (non-hydrogen) atoms. The van der Waals surface area contributed by atoms with Crippen LogP contribution in [0.2, 0.25) is 0 Å². The normalized spacial score (nSPS) is 10.3. The molecule has 2 aromatic rings. The van der Waals surface area contributed by atoms with Crippen LogP contribution in [0.3, 0.4) is 0 Å². The Kier molecular flexibility index (Phi) is 2.91. The van der Waals surface area contributed by atoms with Crippen molar-refractivity contribution in [3.8, 4) is 0 Å². The van der Waals surface area contributed by atoms with Gasteiger partial charge in [-0.3, -0.25) is 9.89 Å². The van der Waals surface area contributed by atoms with Gasteiger partial charge in [-0.1, -0.05) is 0 Å². The second-order valence-electron chi connectivity index (χ2n) is 3.41. The highest BCUT2D eigenvalue weighted by Crippen LogP contribution is 2.23. The number of hydrogen-bond acceptors (Lipinski definition) is 4. The number of anilines is 1. The van der Waals surface area contributed by atoms with Gasteiger partial charge in [0.05, 0.1) is 11.1 Å². The van der Waals surface area contributed by atoms with Gasteiger partial charge in [0.15, 0.2) is 0 Å². The van der Waals surface area contributed by atoms with Crippen molar-refractivity contribution in [1.29, 1.82) is 0 Å². The first kappa shape index (κ1) is 10.7. The molecule has 0 aliphatic carbocycles. The van der Waals surface area contributed by atoms with Gasteiger partial charge < -0.3 is 11.1 Å². The molecule has 0 unspecified atom stereocenters. The van der Waals surface area contributed by atoms with Gasteiger partial charge in [-0.05, 0) is 13.0 Å². The topological polar surface area (TPSA) is 83.8 Å². The van der Waals surface area contributed by atoms with Gasteiger partial charge in [0.2, 0.25) is 0 Å². The first-order chi connectivity index (χ1) is 7.66. The number of nitrogens with one attached hydrogen (secondary N) is 2. The molecular formula is C10H12N4OS. The molecule has 84 valence electrons. The summed E-state index contributed by atoms with van der Waals surface area (Å²) in [6, 6.07) is 1.70. The van der Waals surface area contributed by atoms with Crippen molar-refractivity contribution in [3.63, 3.8) is 0 Å². The van der Waals surface area contributed by atoms with E-state index in [9.17, 15) is 4.79 Å². The van der Waals surface area contributed by atoms with Gasteiger partial charge in [0.1, 0.15) is 0 Å². The Bertz CT molecular complexity index is 469. The number of nitrogen functional groups attached to an aromatic ring is 1. The lowest BCUT2D eigenvalue weighted by Gasteiger charge is -2.00. The molecule has 0 aliphatic heterocycles. The van der Waals surface area contributed by atoms with Crippen LogP contribution >= 0.6 is 11.3 Å². The van der Waals surface area contributed by atoms with Crippen LogP contribution in [-0.2, 0) is 6.54 Å². The molecule has 0 aliphatic rings. The van der Waals surface area contributed by atoms with Gasteiger partial charge in [-0.15, -0.1) is 11.3 Å². The first-order valence-corrected chi connectivity index (χ1v) is 5.60. The molecule has 2 rings (SSSR count). The van der Waals surface area contributed by atoms with E-state index in [1.54, 1.807) is 18.5 Å². The predicted octanol–water partition coefficient (Wildman–Crippen LogP) is 1.29. The van der Waals surface area contributed by atoms with E-state index < -0.39 is 0 Å². The molecule has 4 N–H and O–H groups in total.